The predicted octanol–water partition coefficient (Wildman–Crippen LogP) is 2.88. The standard InChI is InChI=1S/C19H21N3O2/c1-12(2)11-22-16-10-14(8-9-15(16)21-19(22)20)18(24)17(23)13-6-4-3-5-7-13/h3-10,12,19,21H,11,20H2,1-2H3. The Labute approximate surface area is 141 Å². The minimum atomic E-state index is -0.506. The van der Waals surface area contributed by atoms with Gasteiger partial charge in [0.2, 0.25) is 11.6 Å². The first-order valence-electron chi connectivity index (χ1n) is 8.04. The van der Waals surface area contributed by atoms with Crippen LogP contribution in [0, 0.1) is 5.92 Å². The Hall–Kier alpha value is -2.66. The maximum Gasteiger partial charge on any atom is 0.233 e. The minimum absolute atomic E-state index is 0.322. The summed E-state index contributed by atoms with van der Waals surface area (Å²) in [5, 5.41) is 3.19. The second-order valence-corrected chi connectivity index (χ2v) is 6.39. The highest BCUT2D eigenvalue weighted by Crippen LogP contribution is 2.34. The molecule has 0 fully saturated rings. The van der Waals surface area contributed by atoms with Gasteiger partial charge in [0.15, 0.2) is 6.29 Å². The van der Waals surface area contributed by atoms with Gasteiger partial charge in [0.1, 0.15) is 0 Å². The molecule has 0 saturated carbocycles. The highest BCUT2D eigenvalue weighted by Gasteiger charge is 2.28. The van der Waals surface area contributed by atoms with E-state index >= 15 is 0 Å². The molecule has 0 radical (unpaired) electrons. The first-order chi connectivity index (χ1) is 11.5. The summed E-state index contributed by atoms with van der Waals surface area (Å²) in [5.74, 6) is -0.579. The van der Waals surface area contributed by atoms with Crippen molar-refractivity contribution in [2.75, 3.05) is 16.8 Å². The number of nitrogens with one attached hydrogen (secondary N) is 1. The monoisotopic (exact) mass is 323 g/mol. The third kappa shape index (κ3) is 3.03. The lowest BCUT2D eigenvalue weighted by Crippen LogP contribution is -2.44. The van der Waals surface area contributed by atoms with Crippen molar-refractivity contribution in [3.63, 3.8) is 0 Å². The van der Waals surface area contributed by atoms with Crippen molar-refractivity contribution in [3.05, 3.63) is 59.7 Å². The average molecular weight is 323 g/mol. The fraction of sp³-hybridized carbons (Fsp3) is 0.263. The van der Waals surface area contributed by atoms with Crippen molar-refractivity contribution in [3.8, 4) is 0 Å². The third-order valence-electron chi connectivity index (χ3n) is 4.01. The number of hydrogen-bond donors (Lipinski definition) is 2. The Bertz CT molecular complexity index is 771. The van der Waals surface area contributed by atoms with Gasteiger partial charge in [0.25, 0.3) is 0 Å². The smallest absolute Gasteiger partial charge is 0.233 e. The van der Waals surface area contributed by atoms with E-state index in [0.717, 1.165) is 17.9 Å². The molecule has 5 heteroatoms. The molecule has 0 aromatic heterocycles. The van der Waals surface area contributed by atoms with Gasteiger partial charge < -0.3 is 10.2 Å². The molecule has 1 heterocycles. The second kappa shape index (κ2) is 6.45. The molecule has 2 aromatic carbocycles. The zero-order valence-electron chi connectivity index (χ0n) is 13.8. The molecule has 1 aliphatic rings. The van der Waals surface area contributed by atoms with Crippen LogP contribution in [0.15, 0.2) is 48.5 Å². The predicted molar refractivity (Wildman–Crippen MR) is 95.3 cm³/mol. The fourth-order valence-corrected chi connectivity index (χ4v) is 2.88. The van der Waals surface area contributed by atoms with Gasteiger partial charge >= 0.3 is 0 Å². The molecule has 0 bridgehead atoms. The Kier molecular flexibility index (Phi) is 4.36. The Morgan fingerprint density at radius 3 is 2.42 bits per heavy atom. The van der Waals surface area contributed by atoms with E-state index < -0.39 is 11.6 Å². The number of carbonyl (C=O) groups excluding carboxylic acids is 2. The van der Waals surface area contributed by atoms with Crippen LogP contribution < -0.4 is 16.0 Å². The number of nitrogens with two attached hydrogens (primary N) is 1. The summed E-state index contributed by atoms with van der Waals surface area (Å²) in [6, 6.07) is 13.8. The Morgan fingerprint density at radius 2 is 1.75 bits per heavy atom. The zero-order chi connectivity index (χ0) is 17.3. The van der Waals surface area contributed by atoms with E-state index in [1.54, 1.807) is 42.5 Å². The summed E-state index contributed by atoms with van der Waals surface area (Å²) in [6.07, 6.45) is -0.322. The van der Waals surface area contributed by atoms with Gasteiger partial charge in [0, 0.05) is 17.7 Å². The molecule has 124 valence electrons. The van der Waals surface area contributed by atoms with E-state index in [1.807, 2.05) is 11.0 Å². The molecule has 1 aliphatic heterocycles. The number of anilines is 2. The number of benzene rings is 2. The van der Waals surface area contributed by atoms with Crippen molar-refractivity contribution in [2.24, 2.45) is 11.7 Å². The van der Waals surface area contributed by atoms with Gasteiger partial charge in [-0.05, 0) is 24.1 Å². The molecule has 5 nitrogen and oxygen atoms in total. The largest absolute Gasteiger partial charge is 0.351 e. The Morgan fingerprint density at radius 1 is 1.08 bits per heavy atom. The topological polar surface area (TPSA) is 75.4 Å². The van der Waals surface area contributed by atoms with Crippen molar-refractivity contribution < 1.29 is 9.59 Å². The van der Waals surface area contributed by atoms with Gasteiger partial charge in [0.05, 0.1) is 11.4 Å². The molecule has 3 rings (SSSR count). The summed E-state index contributed by atoms with van der Waals surface area (Å²) in [6.45, 7) is 4.99. The van der Waals surface area contributed by atoms with E-state index in [9.17, 15) is 9.59 Å². The minimum Gasteiger partial charge on any atom is -0.351 e. The molecule has 0 saturated heterocycles. The zero-order valence-corrected chi connectivity index (χ0v) is 13.8. The van der Waals surface area contributed by atoms with E-state index in [4.69, 9.17) is 5.73 Å². The first kappa shape index (κ1) is 16.2. The lowest BCUT2D eigenvalue weighted by molar-refractivity contribution is 0.0817. The normalized spacial score (nSPS) is 16.0. The summed E-state index contributed by atoms with van der Waals surface area (Å²) in [4.78, 5) is 26.9. The van der Waals surface area contributed by atoms with Crippen LogP contribution in [-0.4, -0.2) is 24.4 Å². The van der Waals surface area contributed by atoms with Crippen LogP contribution in [0.1, 0.15) is 34.6 Å². The lowest BCUT2D eigenvalue weighted by Gasteiger charge is -2.25. The van der Waals surface area contributed by atoms with E-state index in [-0.39, 0.29) is 6.29 Å². The van der Waals surface area contributed by atoms with E-state index in [1.165, 1.54) is 0 Å². The SMILES string of the molecule is CC(C)CN1c2cc(C(=O)C(=O)c3ccccc3)ccc2NC1N. The first-order valence-corrected chi connectivity index (χ1v) is 8.04. The molecule has 0 spiro atoms. The number of fused-ring (bicyclic) bond motifs is 1. The number of rotatable bonds is 5. The summed E-state index contributed by atoms with van der Waals surface area (Å²) >= 11 is 0. The van der Waals surface area contributed by atoms with Gasteiger partial charge in [-0.2, -0.15) is 0 Å². The molecular formula is C19H21N3O2. The number of ketones is 2. The average Bonchev–Trinajstić information content (AvgIpc) is 2.89. The van der Waals surface area contributed by atoms with Crippen LogP contribution in [-0.2, 0) is 0 Å². The maximum atomic E-state index is 12.5. The molecule has 1 atom stereocenters. The highest BCUT2D eigenvalue weighted by molar-refractivity contribution is 6.49. The molecule has 0 aliphatic carbocycles. The number of Topliss-reactive ketones (excluding diaryl/α,β-unsaturated/α-hetero) is 2. The fourth-order valence-electron chi connectivity index (χ4n) is 2.88. The molecule has 1 unspecified atom stereocenters. The van der Waals surface area contributed by atoms with Gasteiger partial charge in [-0.3, -0.25) is 15.3 Å². The van der Waals surface area contributed by atoms with Crippen molar-refractivity contribution in [2.45, 2.75) is 20.1 Å². The van der Waals surface area contributed by atoms with Crippen molar-refractivity contribution >= 4 is 22.9 Å². The maximum absolute atomic E-state index is 12.5. The number of nitrogens with zero attached hydrogens (tertiary/aromatic N) is 1. The van der Waals surface area contributed by atoms with Crippen molar-refractivity contribution in [1.29, 1.82) is 0 Å². The quantitative estimate of drug-likeness (QED) is 0.654. The van der Waals surface area contributed by atoms with Crippen LogP contribution in [0.3, 0.4) is 0 Å². The number of hydrogen-bond acceptors (Lipinski definition) is 5. The number of carbonyl (C=O) groups is 2. The Balaban J connectivity index is 1.90. The summed E-state index contributed by atoms with van der Waals surface area (Å²) < 4.78 is 0. The molecular weight excluding hydrogens is 302 g/mol. The highest BCUT2D eigenvalue weighted by atomic mass is 16.2. The van der Waals surface area contributed by atoms with Gasteiger partial charge in [-0.15, -0.1) is 0 Å². The summed E-state index contributed by atoms with van der Waals surface area (Å²) in [7, 11) is 0. The van der Waals surface area contributed by atoms with Gasteiger partial charge in [-0.25, -0.2) is 0 Å². The van der Waals surface area contributed by atoms with Gasteiger partial charge in [-0.1, -0.05) is 44.2 Å². The molecule has 0 amide bonds. The van der Waals surface area contributed by atoms with E-state index in [2.05, 4.69) is 19.2 Å². The lowest BCUT2D eigenvalue weighted by atomic mass is 10.0. The van der Waals surface area contributed by atoms with Crippen LogP contribution in [0.4, 0.5) is 11.4 Å². The van der Waals surface area contributed by atoms with Crippen LogP contribution in [0.2, 0.25) is 0 Å². The molecule has 3 N–H and O–H groups in total. The third-order valence-corrected chi connectivity index (χ3v) is 4.01. The summed E-state index contributed by atoms with van der Waals surface area (Å²) in [5.41, 5.74) is 8.64. The van der Waals surface area contributed by atoms with Crippen LogP contribution in [0.25, 0.3) is 0 Å². The molecule has 24 heavy (non-hydrogen) atoms. The van der Waals surface area contributed by atoms with Crippen molar-refractivity contribution in [1.82, 2.24) is 0 Å². The van der Waals surface area contributed by atoms with Crippen LogP contribution in [0.5, 0.6) is 0 Å². The molecule has 2 aromatic rings. The van der Waals surface area contributed by atoms with Crippen LogP contribution >= 0.6 is 0 Å². The van der Waals surface area contributed by atoms with E-state index in [0.29, 0.717) is 17.0 Å². The second-order valence-electron chi connectivity index (χ2n) is 6.39.